The van der Waals surface area contributed by atoms with E-state index in [9.17, 15) is 9.59 Å². The van der Waals surface area contributed by atoms with Crippen molar-refractivity contribution in [1.29, 1.82) is 0 Å². The number of halogens is 1. The first-order chi connectivity index (χ1) is 13.6. The topological polar surface area (TPSA) is 51.1 Å². The van der Waals surface area contributed by atoms with Crippen LogP contribution < -0.4 is 10.9 Å². The Balaban J connectivity index is 1.60. The number of rotatable bonds is 5. The molecule has 4 rings (SSSR count). The van der Waals surface area contributed by atoms with Gasteiger partial charge in [0.15, 0.2) is 0 Å². The van der Waals surface area contributed by atoms with Gasteiger partial charge in [-0.2, -0.15) is 0 Å². The molecule has 1 aromatic carbocycles. The minimum atomic E-state index is -0.206. The molecule has 1 aliphatic carbocycles. The van der Waals surface area contributed by atoms with Gasteiger partial charge in [0, 0.05) is 21.6 Å². The zero-order valence-electron chi connectivity index (χ0n) is 15.4. The lowest BCUT2D eigenvalue weighted by molar-refractivity contribution is -0.122. The lowest BCUT2D eigenvalue weighted by atomic mass is 9.89. The first-order valence-corrected chi connectivity index (χ1v) is 11.1. The zero-order chi connectivity index (χ0) is 19.5. The predicted octanol–water partition coefficient (Wildman–Crippen LogP) is 4.46. The molecule has 1 amide bonds. The van der Waals surface area contributed by atoms with Crippen molar-refractivity contribution < 1.29 is 4.79 Å². The van der Waals surface area contributed by atoms with Gasteiger partial charge in [-0.25, -0.2) is 0 Å². The second-order valence-corrected chi connectivity index (χ2v) is 8.96. The highest BCUT2D eigenvalue weighted by atomic mass is 79.9. The third-order valence-electron chi connectivity index (χ3n) is 5.10. The van der Waals surface area contributed by atoms with Gasteiger partial charge in [-0.3, -0.25) is 9.59 Å². The summed E-state index contributed by atoms with van der Waals surface area (Å²) in [6.07, 6.45) is 6.34. The van der Waals surface area contributed by atoms with Crippen LogP contribution in [-0.2, 0) is 24.2 Å². The van der Waals surface area contributed by atoms with Crippen LogP contribution in [0, 0.1) is 0 Å². The minimum Gasteiger partial charge on any atom is -0.343 e. The molecule has 4 nitrogen and oxygen atoms in total. The molecular weight excluding hydrogens is 436 g/mol. The van der Waals surface area contributed by atoms with Crippen molar-refractivity contribution in [2.75, 3.05) is 0 Å². The summed E-state index contributed by atoms with van der Waals surface area (Å²) in [7, 11) is 0. The monoisotopic (exact) mass is 456 g/mol. The highest BCUT2D eigenvalue weighted by molar-refractivity contribution is 9.10. The van der Waals surface area contributed by atoms with Crippen molar-refractivity contribution in [3.63, 3.8) is 0 Å². The van der Waals surface area contributed by atoms with Gasteiger partial charge in [-0.05, 0) is 75.8 Å². The number of nitrogens with one attached hydrogen (secondary N) is 1. The van der Waals surface area contributed by atoms with Crippen LogP contribution in [0.2, 0.25) is 0 Å². The van der Waals surface area contributed by atoms with E-state index in [-0.39, 0.29) is 24.1 Å². The lowest BCUT2D eigenvalue weighted by Crippen LogP contribution is -2.34. The van der Waals surface area contributed by atoms with Gasteiger partial charge in [0.05, 0.1) is 6.04 Å². The molecular formula is C22H21BrN2O2S. The number of fused-ring (bicyclic) bond motifs is 1. The third-order valence-corrected chi connectivity index (χ3v) is 6.51. The molecule has 2 heterocycles. The minimum absolute atomic E-state index is 0.00884. The van der Waals surface area contributed by atoms with Gasteiger partial charge >= 0.3 is 0 Å². The highest BCUT2D eigenvalue weighted by Gasteiger charge is 2.20. The summed E-state index contributed by atoms with van der Waals surface area (Å²) in [4.78, 5) is 25.9. The van der Waals surface area contributed by atoms with Crippen LogP contribution in [0.25, 0.3) is 0 Å². The van der Waals surface area contributed by atoms with Crippen molar-refractivity contribution in [3.8, 4) is 0 Å². The molecule has 1 N–H and O–H groups in total. The maximum Gasteiger partial charge on any atom is 0.251 e. The lowest BCUT2D eigenvalue weighted by Gasteiger charge is -2.22. The Morgan fingerprint density at radius 3 is 2.75 bits per heavy atom. The summed E-state index contributed by atoms with van der Waals surface area (Å²) >= 11 is 4.98. The summed E-state index contributed by atoms with van der Waals surface area (Å²) in [5.41, 5.74) is 3.72. The van der Waals surface area contributed by atoms with E-state index in [2.05, 4.69) is 39.4 Å². The van der Waals surface area contributed by atoms with E-state index in [4.69, 9.17) is 0 Å². The first kappa shape index (κ1) is 19.2. The van der Waals surface area contributed by atoms with Gasteiger partial charge in [0.1, 0.15) is 6.54 Å². The Hall–Kier alpha value is -2.18. The van der Waals surface area contributed by atoms with Gasteiger partial charge in [-0.1, -0.05) is 24.3 Å². The number of thiophene rings is 1. The summed E-state index contributed by atoms with van der Waals surface area (Å²) in [6.45, 7) is -0.00884. The maximum atomic E-state index is 12.8. The van der Waals surface area contributed by atoms with Crippen molar-refractivity contribution in [1.82, 2.24) is 9.88 Å². The Kier molecular flexibility index (Phi) is 5.78. The largest absolute Gasteiger partial charge is 0.343 e. The normalized spacial score (nSPS) is 14.3. The second kappa shape index (κ2) is 8.45. The van der Waals surface area contributed by atoms with E-state index >= 15 is 0 Å². The molecule has 6 heteroatoms. The van der Waals surface area contributed by atoms with Crippen molar-refractivity contribution in [2.45, 2.75) is 38.3 Å². The van der Waals surface area contributed by atoms with E-state index in [1.807, 2.05) is 17.5 Å². The average Bonchev–Trinajstić information content (AvgIpc) is 3.23. The number of nitrogens with zero attached hydrogens (tertiary/aromatic N) is 1. The van der Waals surface area contributed by atoms with E-state index in [0.717, 1.165) is 27.8 Å². The summed E-state index contributed by atoms with van der Waals surface area (Å²) in [5.74, 6) is -0.184. The second-order valence-electron chi connectivity index (χ2n) is 7.06. The number of benzene rings is 1. The smallest absolute Gasteiger partial charge is 0.251 e. The van der Waals surface area contributed by atoms with Crippen molar-refractivity contribution in [2.24, 2.45) is 0 Å². The number of hydrogen-bond acceptors (Lipinski definition) is 3. The van der Waals surface area contributed by atoms with Gasteiger partial charge in [-0.15, -0.1) is 11.3 Å². The standard InChI is InChI=1S/C22H21BrN2O2S/c23-18-9-10-21(27)25(13-18)14-20(26)24-22(19-6-3-11-28-19)17-8-7-15-4-1-2-5-16(15)12-17/h3,6-13,22H,1-2,4-5,14H2,(H,24,26). The molecule has 0 saturated carbocycles. The fraction of sp³-hybridized carbons (Fsp3) is 0.273. The molecule has 144 valence electrons. The van der Waals surface area contributed by atoms with Crippen LogP contribution in [0.5, 0.6) is 0 Å². The van der Waals surface area contributed by atoms with E-state index < -0.39 is 0 Å². The number of aromatic nitrogens is 1. The van der Waals surface area contributed by atoms with E-state index in [1.54, 1.807) is 23.6 Å². The summed E-state index contributed by atoms with van der Waals surface area (Å²) < 4.78 is 2.18. The molecule has 0 bridgehead atoms. The molecule has 0 saturated heterocycles. The average molecular weight is 457 g/mol. The molecule has 28 heavy (non-hydrogen) atoms. The Morgan fingerprint density at radius 2 is 1.96 bits per heavy atom. The molecule has 0 fully saturated rings. The maximum absolute atomic E-state index is 12.8. The Labute approximate surface area is 176 Å². The van der Waals surface area contributed by atoms with Crippen LogP contribution in [0.1, 0.15) is 40.5 Å². The zero-order valence-corrected chi connectivity index (χ0v) is 17.8. The number of hydrogen-bond donors (Lipinski definition) is 1. The number of carbonyl (C=O) groups excluding carboxylic acids is 1. The van der Waals surface area contributed by atoms with Gasteiger partial charge in [0.2, 0.25) is 5.91 Å². The molecule has 0 spiro atoms. The van der Waals surface area contributed by atoms with Crippen LogP contribution in [0.3, 0.4) is 0 Å². The molecule has 3 aromatic rings. The quantitative estimate of drug-likeness (QED) is 0.615. The van der Waals surface area contributed by atoms with E-state index in [1.165, 1.54) is 34.6 Å². The van der Waals surface area contributed by atoms with Gasteiger partial charge < -0.3 is 9.88 Å². The highest BCUT2D eigenvalue weighted by Crippen LogP contribution is 2.30. The Bertz CT molecular complexity index is 1040. The molecule has 1 aliphatic rings. The van der Waals surface area contributed by atoms with Crippen LogP contribution >= 0.6 is 27.3 Å². The molecule has 0 aliphatic heterocycles. The Morgan fingerprint density at radius 1 is 1.14 bits per heavy atom. The van der Waals surface area contributed by atoms with Gasteiger partial charge in [0.25, 0.3) is 5.56 Å². The summed E-state index contributed by atoms with van der Waals surface area (Å²) in [6, 6.07) is 13.5. The van der Waals surface area contributed by atoms with Crippen molar-refractivity contribution >= 4 is 33.2 Å². The van der Waals surface area contributed by atoms with Crippen molar-refractivity contribution in [3.05, 3.63) is 90.4 Å². The third kappa shape index (κ3) is 4.28. The molecule has 0 radical (unpaired) electrons. The number of carbonyl (C=O) groups is 1. The molecule has 1 atom stereocenters. The summed E-state index contributed by atoms with van der Waals surface area (Å²) in [5, 5.41) is 5.15. The van der Waals surface area contributed by atoms with Crippen LogP contribution in [-0.4, -0.2) is 10.5 Å². The number of pyridine rings is 1. The SMILES string of the molecule is O=C(Cn1cc(Br)ccc1=O)NC(c1ccc2c(c1)CCCC2)c1cccs1. The number of aryl methyl sites for hydroxylation is 2. The fourth-order valence-corrected chi connectivity index (χ4v) is 4.88. The van der Waals surface area contributed by atoms with E-state index in [0.29, 0.717) is 0 Å². The molecule has 1 unspecified atom stereocenters. The first-order valence-electron chi connectivity index (χ1n) is 9.40. The predicted molar refractivity (Wildman–Crippen MR) is 116 cm³/mol. The number of amides is 1. The van der Waals surface area contributed by atoms with Crippen LogP contribution in [0.15, 0.2) is 63.3 Å². The molecule has 2 aromatic heterocycles. The van der Waals surface area contributed by atoms with Crippen LogP contribution in [0.4, 0.5) is 0 Å². The fourth-order valence-electron chi connectivity index (χ4n) is 3.69.